The zero-order chi connectivity index (χ0) is 11.7. The van der Waals surface area contributed by atoms with Crippen molar-refractivity contribution in [3.8, 4) is 5.75 Å². The van der Waals surface area contributed by atoms with Gasteiger partial charge in [-0.1, -0.05) is 11.6 Å². The predicted molar refractivity (Wildman–Crippen MR) is 62.5 cm³/mol. The molecule has 0 saturated carbocycles. The molecule has 1 saturated heterocycles. The monoisotopic (exact) mass is 240 g/mol. The highest BCUT2D eigenvalue weighted by Crippen LogP contribution is 2.28. The van der Waals surface area contributed by atoms with Gasteiger partial charge in [-0.25, -0.2) is 0 Å². The molecule has 0 spiro atoms. The predicted octanol–water partition coefficient (Wildman–Crippen LogP) is 1.53. The summed E-state index contributed by atoms with van der Waals surface area (Å²) in [5.41, 5.74) is 6.23. The molecule has 16 heavy (non-hydrogen) atoms. The van der Waals surface area contributed by atoms with Crippen LogP contribution in [0, 0.1) is 0 Å². The van der Waals surface area contributed by atoms with E-state index < -0.39 is 6.10 Å². The van der Waals surface area contributed by atoms with E-state index in [4.69, 9.17) is 22.1 Å². The van der Waals surface area contributed by atoms with E-state index in [-0.39, 0.29) is 5.91 Å². The lowest BCUT2D eigenvalue weighted by Gasteiger charge is -2.14. The van der Waals surface area contributed by atoms with E-state index in [1.165, 1.54) is 0 Å². The minimum atomic E-state index is -0.439. The average Bonchev–Trinajstić information content (AvgIpc) is 2.55. The number of likely N-dealkylation sites (tertiary alicyclic amines) is 1. The Bertz CT molecular complexity index is 422. The summed E-state index contributed by atoms with van der Waals surface area (Å²) in [5, 5.41) is 0.544. The van der Waals surface area contributed by atoms with Crippen LogP contribution < -0.4 is 10.5 Å². The van der Waals surface area contributed by atoms with Gasteiger partial charge in [0.05, 0.1) is 5.69 Å². The molecule has 1 fully saturated rings. The highest BCUT2D eigenvalue weighted by Gasteiger charge is 2.31. The summed E-state index contributed by atoms with van der Waals surface area (Å²) in [5.74, 6) is 0.459. The van der Waals surface area contributed by atoms with E-state index in [0.717, 1.165) is 0 Å². The maximum atomic E-state index is 11.6. The van der Waals surface area contributed by atoms with Crippen molar-refractivity contribution in [3.05, 3.63) is 23.2 Å². The second-order valence-electron chi connectivity index (χ2n) is 3.84. The summed E-state index contributed by atoms with van der Waals surface area (Å²) in [6, 6.07) is 4.98. The van der Waals surface area contributed by atoms with Gasteiger partial charge in [-0.2, -0.15) is 0 Å². The van der Waals surface area contributed by atoms with Gasteiger partial charge < -0.3 is 15.4 Å². The quantitative estimate of drug-likeness (QED) is 0.798. The highest BCUT2D eigenvalue weighted by molar-refractivity contribution is 6.30. The largest absolute Gasteiger partial charge is 0.478 e. The van der Waals surface area contributed by atoms with Crippen LogP contribution in [0.15, 0.2) is 18.2 Å². The molecule has 1 amide bonds. The number of benzene rings is 1. The standard InChI is InChI=1S/C11H13ClN2O2/c1-14-5-4-9(11(14)15)16-10-6-7(12)2-3-8(10)13/h2-3,6,9H,4-5,13H2,1H3. The number of nitrogens with two attached hydrogens (primary N) is 1. The van der Waals surface area contributed by atoms with Crippen LogP contribution in [0.3, 0.4) is 0 Å². The van der Waals surface area contributed by atoms with Crippen LogP contribution in [-0.4, -0.2) is 30.5 Å². The minimum Gasteiger partial charge on any atom is -0.478 e. The van der Waals surface area contributed by atoms with Crippen LogP contribution in [0.25, 0.3) is 0 Å². The van der Waals surface area contributed by atoms with Gasteiger partial charge in [0.1, 0.15) is 5.75 Å². The van der Waals surface area contributed by atoms with Gasteiger partial charge in [0.15, 0.2) is 6.10 Å². The van der Waals surface area contributed by atoms with Crippen molar-refractivity contribution >= 4 is 23.2 Å². The molecular formula is C11H13ClN2O2. The molecule has 1 aromatic rings. The molecule has 0 bridgehead atoms. The first-order valence-electron chi connectivity index (χ1n) is 5.04. The third kappa shape index (κ3) is 2.07. The molecular weight excluding hydrogens is 228 g/mol. The summed E-state index contributed by atoms with van der Waals surface area (Å²) in [6.45, 7) is 0.712. The first-order valence-corrected chi connectivity index (χ1v) is 5.42. The number of hydrogen-bond donors (Lipinski definition) is 1. The molecule has 0 aliphatic carbocycles. The average molecular weight is 241 g/mol. The lowest BCUT2D eigenvalue weighted by molar-refractivity contribution is -0.132. The molecule has 1 aliphatic rings. The number of hydrogen-bond acceptors (Lipinski definition) is 3. The zero-order valence-corrected chi connectivity index (χ0v) is 9.70. The van der Waals surface area contributed by atoms with Crippen LogP contribution >= 0.6 is 11.6 Å². The molecule has 0 radical (unpaired) electrons. The first kappa shape index (κ1) is 11.1. The Labute approximate surface area is 98.9 Å². The van der Waals surface area contributed by atoms with E-state index in [1.807, 2.05) is 0 Å². The molecule has 4 nitrogen and oxygen atoms in total. The van der Waals surface area contributed by atoms with Gasteiger partial charge in [0, 0.05) is 31.1 Å². The third-order valence-electron chi connectivity index (χ3n) is 2.62. The summed E-state index contributed by atoms with van der Waals surface area (Å²) >= 11 is 5.84. The van der Waals surface area contributed by atoms with Crippen molar-refractivity contribution in [1.29, 1.82) is 0 Å². The number of amides is 1. The maximum Gasteiger partial charge on any atom is 0.263 e. The Balaban J connectivity index is 2.15. The smallest absolute Gasteiger partial charge is 0.263 e. The normalized spacial score (nSPS) is 20.2. The summed E-state index contributed by atoms with van der Waals surface area (Å²) in [4.78, 5) is 13.3. The Hall–Kier alpha value is -1.42. The second-order valence-corrected chi connectivity index (χ2v) is 4.27. The maximum absolute atomic E-state index is 11.6. The third-order valence-corrected chi connectivity index (χ3v) is 2.86. The van der Waals surface area contributed by atoms with Gasteiger partial charge in [-0.3, -0.25) is 4.79 Å². The molecule has 1 atom stereocenters. The van der Waals surface area contributed by atoms with Gasteiger partial charge >= 0.3 is 0 Å². The molecule has 2 rings (SSSR count). The number of halogens is 1. The summed E-state index contributed by atoms with van der Waals surface area (Å²) in [6.07, 6.45) is 0.243. The molecule has 5 heteroatoms. The fourth-order valence-corrected chi connectivity index (χ4v) is 1.83. The molecule has 0 aromatic heterocycles. The van der Waals surface area contributed by atoms with Crippen LogP contribution in [-0.2, 0) is 4.79 Å². The van der Waals surface area contributed by atoms with E-state index in [2.05, 4.69) is 0 Å². The van der Waals surface area contributed by atoms with E-state index >= 15 is 0 Å². The van der Waals surface area contributed by atoms with E-state index in [0.29, 0.717) is 29.4 Å². The number of anilines is 1. The fraction of sp³-hybridized carbons (Fsp3) is 0.364. The number of likely N-dealkylation sites (N-methyl/N-ethyl adjacent to an activating group) is 1. The molecule has 2 N–H and O–H groups in total. The molecule has 1 aliphatic heterocycles. The Morgan fingerprint density at radius 2 is 2.31 bits per heavy atom. The van der Waals surface area contributed by atoms with Crippen LogP contribution in [0.2, 0.25) is 5.02 Å². The van der Waals surface area contributed by atoms with Crippen LogP contribution in [0.4, 0.5) is 5.69 Å². The van der Waals surface area contributed by atoms with Crippen molar-refractivity contribution in [2.45, 2.75) is 12.5 Å². The molecule has 1 unspecified atom stereocenters. The Morgan fingerprint density at radius 3 is 2.94 bits per heavy atom. The minimum absolute atomic E-state index is 0.0145. The number of nitrogen functional groups attached to an aromatic ring is 1. The molecule has 1 aromatic carbocycles. The van der Waals surface area contributed by atoms with Crippen molar-refractivity contribution in [3.63, 3.8) is 0 Å². The van der Waals surface area contributed by atoms with E-state index in [1.54, 1.807) is 30.1 Å². The first-order chi connectivity index (χ1) is 7.58. The van der Waals surface area contributed by atoms with Crippen molar-refractivity contribution in [1.82, 2.24) is 4.90 Å². The topological polar surface area (TPSA) is 55.6 Å². The molecule has 1 heterocycles. The summed E-state index contributed by atoms with van der Waals surface area (Å²) in [7, 11) is 1.76. The number of ether oxygens (including phenoxy) is 1. The number of carbonyl (C=O) groups is 1. The van der Waals surface area contributed by atoms with Gasteiger partial charge in [-0.15, -0.1) is 0 Å². The molecule has 86 valence electrons. The lowest BCUT2D eigenvalue weighted by atomic mass is 10.2. The summed E-state index contributed by atoms with van der Waals surface area (Å²) < 4.78 is 5.57. The lowest BCUT2D eigenvalue weighted by Crippen LogP contribution is -2.29. The van der Waals surface area contributed by atoms with Gasteiger partial charge in [0.25, 0.3) is 5.91 Å². The van der Waals surface area contributed by atoms with Crippen molar-refractivity contribution in [2.24, 2.45) is 0 Å². The van der Waals surface area contributed by atoms with Crippen molar-refractivity contribution in [2.75, 3.05) is 19.3 Å². The van der Waals surface area contributed by atoms with Gasteiger partial charge in [0.2, 0.25) is 0 Å². The second kappa shape index (κ2) is 4.22. The number of carbonyl (C=O) groups excluding carboxylic acids is 1. The SMILES string of the molecule is CN1CCC(Oc2cc(Cl)ccc2N)C1=O. The van der Waals surface area contributed by atoms with Gasteiger partial charge in [-0.05, 0) is 12.1 Å². The number of rotatable bonds is 2. The van der Waals surface area contributed by atoms with Crippen molar-refractivity contribution < 1.29 is 9.53 Å². The fourth-order valence-electron chi connectivity index (χ4n) is 1.66. The van der Waals surface area contributed by atoms with Crippen LogP contribution in [0.1, 0.15) is 6.42 Å². The van der Waals surface area contributed by atoms with Crippen LogP contribution in [0.5, 0.6) is 5.75 Å². The number of nitrogens with zero attached hydrogens (tertiary/aromatic N) is 1. The Morgan fingerprint density at radius 1 is 1.56 bits per heavy atom. The highest BCUT2D eigenvalue weighted by atomic mass is 35.5. The zero-order valence-electron chi connectivity index (χ0n) is 8.94. The van der Waals surface area contributed by atoms with E-state index in [9.17, 15) is 4.79 Å². The Kier molecular flexibility index (Phi) is 2.92.